The lowest BCUT2D eigenvalue weighted by molar-refractivity contribution is -0.261. The first-order chi connectivity index (χ1) is 7.04. The standard InChI is InChI=1S/C10H13BrO4/c1-4-9(12)8-7(15-8)6(11)5-10(9,13-2)14-3/h4-5,7-8,12H,1H2,2-3H3/t7-,8-,9-/m0/s1. The van der Waals surface area contributed by atoms with Gasteiger partial charge in [-0.05, 0) is 6.08 Å². The summed E-state index contributed by atoms with van der Waals surface area (Å²) in [5, 5.41) is 10.5. The van der Waals surface area contributed by atoms with Crippen molar-refractivity contribution in [2.75, 3.05) is 14.2 Å². The highest BCUT2D eigenvalue weighted by Gasteiger charge is 2.67. The highest BCUT2D eigenvalue weighted by molar-refractivity contribution is 9.11. The molecule has 2 aliphatic rings. The molecule has 0 amide bonds. The predicted molar refractivity (Wildman–Crippen MR) is 57.6 cm³/mol. The van der Waals surface area contributed by atoms with Crippen LogP contribution < -0.4 is 0 Å². The van der Waals surface area contributed by atoms with Crippen LogP contribution in [0, 0.1) is 0 Å². The first-order valence-corrected chi connectivity index (χ1v) is 5.34. The van der Waals surface area contributed by atoms with E-state index in [1.165, 1.54) is 20.3 Å². The van der Waals surface area contributed by atoms with E-state index >= 15 is 0 Å². The van der Waals surface area contributed by atoms with Gasteiger partial charge >= 0.3 is 0 Å². The maximum absolute atomic E-state index is 10.5. The summed E-state index contributed by atoms with van der Waals surface area (Å²) in [4.78, 5) is 0. The Morgan fingerprint density at radius 3 is 2.67 bits per heavy atom. The highest BCUT2D eigenvalue weighted by atomic mass is 79.9. The van der Waals surface area contributed by atoms with Crippen molar-refractivity contribution in [1.29, 1.82) is 0 Å². The summed E-state index contributed by atoms with van der Waals surface area (Å²) in [6.45, 7) is 3.61. The van der Waals surface area contributed by atoms with E-state index in [9.17, 15) is 5.11 Å². The number of hydrogen-bond acceptors (Lipinski definition) is 4. The first kappa shape index (κ1) is 11.3. The van der Waals surface area contributed by atoms with Crippen LogP contribution in [0.1, 0.15) is 0 Å². The second kappa shape index (κ2) is 3.40. The summed E-state index contributed by atoms with van der Waals surface area (Å²) in [7, 11) is 2.94. The largest absolute Gasteiger partial charge is 0.377 e. The predicted octanol–water partition coefficient (Wildman–Crippen LogP) is 0.952. The van der Waals surface area contributed by atoms with Gasteiger partial charge in [-0.15, -0.1) is 0 Å². The van der Waals surface area contributed by atoms with Crippen molar-refractivity contribution in [3.05, 3.63) is 23.2 Å². The van der Waals surface area contributed by atoms with Crippen molar-refractivity contribution < 1.29 is 19.3 Å². The molecule has 2 rings (SSSR count). The van der Waals surface area contributed by atoms with Crippen LogP contribution >= 0.6 is 15.9 Å². The van der Waals surface area contributed by atoms with E-state index in [1.54, 1.807) is 6.08 Å². The van der Waals surface area contributed by atoms with Crippen LogP contribution in [0.15, 0.2) is 23.2 Å². The minimum absolute atomic E-state index is 0.119. The van der Waals surface area contributed by atoms with E-state index in [4.69, 9.17) is 14.2 Å². The lowest BCUT2D eigenvalue weighted by Gasteiger charge is -2.42. The molecule has 1 aliphatic carbocycles. The first-order valence-electron chi connectivity index (χ1n) is 4.54. The van der Waals surface area contributed by atoms with Gasteiger partial charge in [-0.3, -0.25) is 0 Å². The molecule has 0 spiro atoms. The molecular formula is C10H13BrO4. The maximum Gasteiger partial charge on any atom is 0.224 e. The van der Waals surface area contributed by atoms with Crippen molar-refractivity contribution in [3.8, 4) is 0 Å². The molecule has 1 saturated heterocycles. The van der Waals surface area contributed by atoms with E-state index in [-0.39, 0.29) is 12.2 Å². The molecule has 84 valence electrons. The zero-order chi connectivity index (χ0) is 11.3. The molecule has 0 unspecified atom stereocenters. The summed E-state index contributed by atoms with van der Waals surface area (Å²) < 4.78 is 16.7. The third-order valence-electron chi connectivity index (χ3n) is 3.00. The molecule has 1 heterocycles. The van der Waals surface area contributed by atoms with Gasteiger partial charge in [0, 0.05) is 18.7 Å². The van der Waals surface area contributed by atoms with Crippen LogP contribution in [0.5, 0.6) is 0 Å². The lowest BCUT2D eigenvalue weighted by Crippen LogP contribution is -2.60. The third-order valence-corrected chi connectivity index (χ3v) is 3.68. The van der Waals surface area contributed by atoms with Crippen LogP contribution in [0.4, 0.5) is 0 Å². The van der Waals surface area contributed by atoms with Gasteiger partial charge in [0.15, 0.2) is 5.60 Å². The summed E-state index contributed by atoms with van der Waals surface area (Å²) in [6, 6.07) is 0. The Balaban J connectivity index is 2.49. The molecule has 0 aromatic heterocycles. The van der Waals surface area contributed by atoms with Crippen LogP contribution in [-0.2, 0) is 14.2 Å². The Hall–Kier alpha value is -0.200. The number of halogens is 1. The van der Waals surface area contributed by atoms with Gasteiger partial charge in [0.05, 0.1) is 0 Å². The zero-order valence-corrected chi connectivity index (χ0v) is 10.2. The van der Waals surface area contributed by atoms with Crippen molar-refractivity contribution in [2.24, 2.45) is 0 Å². The molecular weight excluding hydrogens is 264 g/mol. The number of aliphatic hydroxyl groups is 1. The van der Waals surface area contributed by atoms with Crippen LogP contribution in [-0.4, -0.2) is 42.9 Å². The minimum Gasteiger partial charge on any atom is -0.377 e. The fourth-order valence-electron chi connectivity index (χ4n) is 2.02. The second-order valence-corrected chi connectivity index (χ2v) is 4.53. The minimum atomic E-state index is -1.36. The van der Waals surface area contributed by atoms with Crippen LogP contribution in [0.2, 0.25) is 0 Å². The van der Waals surface area contributed by atoms with Crippen molar-refractivity contribution in [2.45, 2.75) is 23.6 Å². The molecule has 1 aliphatic heterocycles. The normalized spacial score (nSPS) is 41.7. The molecule has 0 bridgehead atoms. The molecule has 5 heteroatoms. The highest BCUT2D eigenvalue weighted by Crippen LogP contribution is 2.51. The molecule has 1 fully saturated rings. The molecule has 0 saturated carbocycles. The second-order valence-electron chi connectivity index (χ2n) is 3.61. The average Bonchev–Trinajstić information content (AvgIpc) is 3.04. The van der Waals surface area contributed by atoms with Crippen molar-refractivity contribution in [1.82, 2.24) is 0 Å². The number of fused-ring (bicyclic) bond motifs is 1. The summed E-state index contributed by atoms with van der Waals surface area (Å²) in [6.07, 6.45) is 2.59. The molecule has 4 nitrogen and oxygen atoms in total. The number of rotatable bonds is 3. The average molecular weight is 277 g/mol. The zero-order valence-electron chi connectivity index (χ0n) is 8.57. The van der Waals surface area contributed by atoms with Gasteiger partial charge in [0.1, 0.15) is 12.2 Å². The maximum atomic E-state index is 10.5. The van der Waals surface area contributed by atoms with Gasteiger partial charge in [0.25, 0.3) is 0 Å². The Morgan fingerprint density at radius 2 is 2.20 bits per heavy atom. The monoisotopic (exact) mass is 276 g/mol. The Morgan fingerprint density at radius 1 is 1.60 bits per heavy atom. The lowest BCUT2D eigenvalue weighted by atomic mass is 9.83. The van der Waals surface area contributed by atoms with Gasteiger partial charge in [-0.1, -0.05) is 28.6 Å². The number of methoxy groups -OCH3 is 2. The smallest absolute Gasteiger partial charge is 0.224 e. The number of epoxide rings is 1. The van der Waals surface area contributed by atoms with Crippen LogP contribution in [0.3, 0.4) is 0 Å². The molecule has 0 radical (unpaired) electrons. The Kier molecular flexibility index (Phi) is 2.56. The SMILES string of the molecule is C=C[C@]1(O)[C@H]2O[C@H]2C(Br)=CC1(OC)OC. The topological polar surface area (TPSA) is 51.2 Å². The summed E-state index contributed by atoms with van der Waals surface area (Å²) in [5.74, 6) is -1.24. The van der Waals surface area contributed by atoms with Gasteiger partial charge in [0.2, 0.25) is 5.79 Å². The van der Waals surface area contributed by atoms with Gasteiger partial charge < -0.3 is 19.3 Å². The van der Waals surface area contributed by atoms with Crippen molar-refractivity contribution in [3.63, 3.8) is 0 Å². The Labute approximate surface area is 96.6 Å². The quantitative estimate of drug-likeness (QED) is 0.474. The molecule has 0 aromatic carbocycles. The number of ether oxygens (including phenoxy) is 3. The van der Waals surface area contributed by atoms with E-state index in [1.807, 2.05) is 0 Å². The van der Waals surface area contributed by atoms with Gasteiger partial charge in [-0.25, -0.2) is 0 Å². The molecule has 15 heavy (non-hydrogen) atoms. The van der Waals surface area contributed by atoms with Gasteiger partial charge in [-0.2, -0.15) is 0 Å². The van der Waals surface area contributed by atoms with E-state index in [2.05, 4.69) is 22.5 Å². The number of hydrogen-bond donors (Lipinski definition) is 1. The fourth-order valence-corrected chi connectivity index (χ4v) is 2.67. The Bertz CT molecular complexity index is 323. The van der Waals surface area contributed by atoms with Crippen LogP contribution in [0.25, 0.3) is 0 Å². The molecule has 1 N–H and O–H groups in total. The van der Waals surface area contributed by atoms with E-state index < -0.39 is 11.4 Å². The molecule has 3 atom stereocenters. The summed E-state index contributed by atoms with van der Waals surface area (Å²) >= 11 is 3.36. The molecule has 0 aromatic rings. The van der Waals surface area contributed by atoms with E-state index in [0.29, 0.717) is 0 Å². The fraction of sp³-hybridized carbons (Fsp3) is 0.600. The van der Waals surface area contributed by atoms with E-state index in [0.717, 1.165) is 4.48 Å². The summed E-state index contributed by atoms with van der Waals surface area (Å²) in [5.41, 5.74) is -1.36. The van der Waals surface area contributed by atoms with Crippen molar-refractivity contribution >= 4 is 15.9 Å². The third kappa shape index (κ3) is 1.28.